The van der Waals surface area contributed by atoms with E-state index >= 15 is 0 Å². The highest BCUT2D eigenvalue weighted by Gasteiger charge is 2.35. The molecule has 1 aliphatic heterocycles. The summed E-state index contributed by atoms with van der Waals surface area (Å²) in [5.74, 6) is -0.583. The molecule has 1 saturated heterocycles. The molecule has 0 radical (unpaired) electrons. The molecule has 33 heavy (non-hydrogen) atoms. The van der Waals surface area contributed by atoms with Crippen LogP contribution in [0, 0.1) is 10.1 Å². The predicted molar refractivity (Wildman–Crippen MR) is 113 cm³/mol. The molecule has 0 bridgehead atoms. The molecule has 0 unspecified atom stereocenters. The van der Waals surface area contributed by atoms with Gasteiger partial charge < -0.3 is 5.32 Å². The van der Waals surface area contributed by atoms with E-state index in [1.807, 2.05) is 0 Å². The largest absolute Gasteiger partial charge is 0.417 e. The summed E-state index contributed by atoms with van der Waals surface area (Å²) in [5.41, 5.74) is -1.68. The van der Waals surface area contributed by atoms with Crippen molar-refractivity contribution in [1.29, 1.82) is 0 Å². The predicted octanol–water partition coefficient (Wildman–Crippen LogP) is 3.21. The van der Waals surface area contributed by atoms with Gasteiger partial charge in [0, 0.05) is 37.9 Å². The summed E-state index contributed by atoms with van der Waals surface area (Å²) < 4.78 is 65.7. The summed E-state index contributed by atoms with van der Waals surface area (Å²) in [5, 5.41) is 13.1. The van der Waals surface area contributed by atoms with Gasteiger partial charge in [0.05, 0.1) is 22.1 Å². The van der Waals surface area contributed by atoms with Gasteiger partial charge in [-0.25, -0.2) is 8.42 Å². The lowest BCUT2D eigenvalue weighted by Crippen LogP contribution is -2.50. The Morgan fingerprint density at radius 3 is 2.36 bits per heavy atom. The van der Waals surface area contributed by atoms with Crippen LogP contribution < -0.4 is 5.32 Å². The van der Waals surface area contributed by atoms with Gasteiger partial charge in [-0.3, -0.25) is 19.8 Å². The number of benzene rings is 2. The number of hydrogen-bond donors (Lipinski definition) is 1. The first-order valence-electron chi connectivity index (χ1n) is 9.52. The van der Waals surface area contributed by atoms with E-state index in [9.17, 15) is 36.5 Å². The van der Waals surface area contributed by atoms with Crippen LogP contribution in [0.1, 0.15) is 5.56 Å². The highest BCUT2D eigenvalue weighted by molar-refractivity contribution is 7.89. The Hall–Kier alpha value is -2.74. The fourth-order valence-corrected chi connectivity index (χ4v) is 5.12. The molecule has 1 fully saturated rings. The van der Waals surface area contributed by atoms with Crippen molar-refractivity contribution < 1.29 is 31.3 Å². The first-order valence-corrected chi connectivity index (χ1v) is 11.3. The van der Waals surface area contributed by atoms with E-state index in [-0.39, 0.29) is 38.4 Å². The number of nitrogens with zero attached hydrogens (tertiary/aromatic N) is 3. The maximum atomic E-state index is 13.0. The summed E-state index contributed by atoms with van der Waals surface area (Å²) in [4.78, 5) is 23.9. The summed E-state index contributed by atoms with van der Waals surface area (Å²) >= 11 is 5.56. The number of amides is 1. The van der Waals surface area contributed by atoms with Crippen LogP contribution in [-0.4, -0.2) is 61.2 Å². The number of anilines is 1. The number of sulfonamides is 1. The van der Waals surface area contributed by atoms with Gasteiger partial charge in [0.15, 0.2) is 4.90 Å². The van der Waals surface area contributed by atoms with Crippen LogP contribution in [0.5, 0.6) is 0 Å². The summed E-state index contributed by atoms with van der Waals surface area (Å²) in [7, 11) is -4.12. The van der Waals surface area contributed by atoms with E-state index in [0.717, 1.165) is 28.6 Å². The second-order valence-electron chi connectivity index (χ2n) is 7.15. The molecule has 0 saturated carbocycles. The molecule has 2 aromatic rings. The van der Waals surface area contributed by atoms with Crippen LogP contribution in [-0.2, 0) is 21.0 Å². The molecule has 0 spiro atoms. The lowest BCUT2D eigenvalue weighted by Gasteiger charge is -2.33. The molecule has 178 valence electrons. The molecule has 1 amide bonds. The number of carbonyl (C=O) groups is 1. The molecule has 3 rings (SSSR count). The molecule has 2 aromatic carbocycles. The number of para-hydroxylation sites is 1. The van der Waals surface area contributed by atoms with Crippen LogP contribution in [0.4, 0.5) is 24.5 Å². The van der Waals surface area contributed by atoms with Gasteiger partial charge in [0.25, 0.3) is 5.69 Å². The molecule has 9 nitrogen and oxygen atoms in total. The summed E-state index contributed by atoms with van der Waals surface area (Å²) in [6.45, 7) is 0.106. The zero-order valence-electron chi connectivity index (χ0n) is 16.9. The number of nitro groups is 1. The zero-order chi connectivity index (χ0) is 24.4. The monoisotopic (exact) mass is 506 g/mol. The highest BCUT2D eigenvalue weighted by Crippen LogP contribution is 2.36. The molecular formula is C19H18ClF3N4O5S. The van der Waals surface area contributed by atoms with E-state index in [4.69, 9.17) is 11.6 Å². The smallest absolute Gasteiger partial charge is 0.325 e. The fourth-order valence-electron chi connectivity index (χ4n) is 3.32. The SMILES string of the molecule is O=C(CN1CCN(S(=O)(=O)c2ccccc2[N+](=O)[O-])CC1)Nc1ccc(Cl)c(C(F)(F)F)c1. The van der Waals surface area contributed by atoms with Crippen molar-refractivity contribution in [2.75, 3.05) is 38.0 Å². The van der Waals surface area contributed by atoms with E-state index in [2.05, 4.69) is 5.32 Å². The maximum Gasteiger partial charge on any atom is 0.417 e. The number of halogens is 4. The first-order chi connectivity index (χ1) is 15.4. The Balaban J connectivity index is 1.61. The van der Waals surface area contributed by atoms with Gasteiger partial charge in [0.1, 0.15) is 0 Å². The van der Waals surface area contributed by atoms with Crippen molar-refractivity contribution in [1.82, 2.24) is 9.21 Å². The van der Waals surface area contributed by atoms with Crippen LogP contribution in [0.15, 0.2) is 47.4 Å². The minimum absolute atomic E-state index is 0.0131. The van der Waals surface area contributed by atoms with Gasteiger partial charge in [-0.05, 0) is 24.3 Å². The highest BCUT2D eigenvalue weighted by atomic mass is 35.5. The standard InChI is InChI=1S/C19H18ClF3N4O5S/c20-15-6-5-13(11-14(15)19(21,22)23)24-18(28)12-25-7-9-26(10-8-25)33(31,32)17-4-2-1-3-16(17)27(29)30/h1-6,11H,7-10,12H2,(H,24,28). The molecule has 1 heterocycles. The van der Waals surface area contributed by atoms with E-state index < -0.39 is 48.2 Å². The van der Waals surface area contributed by atoms with E-state index in [1.54, 1.807) is 4.90 Å². The van der Waals surface area contributed by atoms with Crippen LogP contribution in [0.2, 0.25) is 5.02 Å². The Bertz CT molecular complexity index is 1170. The third-order valence-corrected chi connectivity index (χ3v) is 7.21. The van der Waals surface area contributed by atoms with Gasteiger partial charge in [-0.1, -0.05) is 23.7 Å². The van der Waals surface area contributed by atoms with Crippen LogP contribution >= 0.6 is 11.6 Å². The van der Waals surface area contributed by atoms with Crippen molar-refractivity contribution in [3.8, 4) is 0 Å². The second-order valence-corrected chi connectivity index (χ2v) is 9.46. The molecule has 0 atom stereocenters. The van der Waals surface area contributed by atoms with Crippen molar-refractivity contribution in [3.63, 3.8) is 0 Å². The zero-order valence-corrected chi connectivity index (χ0v) is 18.5. The fraction of sp³-hybridized carbons (Fsp3) is 0.316. The third-order valence-electron chi connectivity index (χ3n) is 4.93. The Morgan fingerprint density at radius 2 is 1.76 bits per heavy atom. The van der Waals surface area contributed by atoms with Gasteiger partial charge in [-0.15, -0.1) is 0 Å². The molecule has 14 heteroatoms. The molecular weight excluding hydrogens is 489 g/mol. The Labute approximate surface area is 191 Å². The lowest BCUT2D eigenvalue weighted by molar-refractivity contribution is -0.387. The number of alkyl halides is 3. The number of piperazine rings is 1. The van der Waals surface area contributed by atoms with Crippen molar-refractivity contribution in [2.24, 2.45) is 0 Å². The van der Waals surface area contributed by atoms with Gasteiger partial charge in [0.2, 0.25) is 15.9 Å². The quantitative estimate of drug-likeness (QED) is 0.475. The van der Waals surface area contributed by atoms with Crippen molar-refractivity contribution in [2.45, 2.75) is 11.1 Å². The first kappa shape index (κ1) is 24.9. The minimum Gasteiger partial charge on any atom is -0.325 e. The average molecular weight is 507 g/mol. The second kappa shape index (κ2) is 9.63. The third kappa shape index (κ3) is 5.79. The number of nitro benzene ring substituents is 1. The van der Waals surface area contributed by atoms with E-state index in [0.29, 0.717) is 0 Å². The molecule has 0 aliphatic carbocycles. The number of hydrogen-bond acceptors (Lipinski definition) is 6. The number of nitrogens with one attached hydrogen (secondary N) is 1. The summed E-state index contributed by atoms with van der Waals surface area (Å²) in [6.07, 6.45) is -4.67. The lowest BCUT2D eigenvalue weighted by atomic mass is 10.2. The van der Waals surface area contributed by atoms with Gasteiger partial charge >= 0.3 is 6.18 Å². The van der Waals surface area contributed by atoms with Gasteiger partial charge in [-0.2, -0.15) is 17.5 Å². The number of carbonyl (C=O) groups excluding carboxylic acids is 1. The topological polar surface area (TPSA) is 113 Å². The molecule has 1 aliphatic rings. The van der Waals surface area contributed by atoms with Crippen molar-refractivity contribution in [3.05, 3.63) is 63.2 Å². The summed E-state index contributed by atoms with van der Waals surface area (Å²) in [6, 6.07) is 8.03. The Morgan fingerprint density at radius 1 is 1.12 bits per heavy atom. The van der Waals surface area contributed by atoms with Crippen molar-refractivity contribution >= 4 is 38.9 Å². The molecule has 0 aromatic heterocycles. The van der Waals surface area contributed by atoms with Crippen LogP contribution in [0.3, 0.4) is 0 Å². The molecule has 1 N–H and O–H groups in total. The van der Waals surface area contributed by atoms with Crippen LogP contribution in [0.25, 0.3) is 0 Å². The number of rotatable bonds is 6. The average Bonchev–Trinajstić information content (AvgIpc) is 2.74. The minimum atomic E-state index is -4.67. The normalized spacial score (nSPS) is 15.9. The maximum absolute atomic E-state index is 13.0. The Kier molecular flexibility index (Phi) is 7.26. The van der Waals surface area contributed by atoms with E-state index in [1.165, 1.54) is 18.2 Å².